The van der Waals surface area contributed by atoms with Crippen molar-refractivity contribution in [2.45, 2.75) is 45.1 Å². The fourth-order valence-corrected chi connectivity index (χ4v) is 3.31. The van der Waals surface area contributed by atoms with Crippen LogP contribution in [0.3, 0.4) is 0 Å². The Labute approximate surface area is 125 Å². The van der Waals surface area contributed by atoms with Gasteiger partial charge in [-0.3, -0.25) is 5.10 Å². The van der Waals surface area contributed by atoms with E-state index in [0.29, 0.717) is 12.0 Å². The molecule has 1 aliphatic rings. The van der Waals surface area contributed by atoms with E-state index in [2.05, 4.69) is 44.4 Å². The molecule has 2 aromatic rings. The molecule has 0 unspecified atom stereocenters. The number of H-pyrrole nitrogens is 1. The number of nitrogens with zero attached hydrogens (tertiary/aromatic N) is 4. The van der Waals surface area contributed by atoms with Gasteiger partial charge in [0, 0.05) is 20.1 Å². The first-order chi connectivity index (χ1) is 10.2. The Bertz CT molecular complexity index is 599. The van der Waals surface area contributed by atoms with Crippen molar-refractivity contribution in [3.05, 3.63) is 6.20 Å². The molecule has 3 rings (SSSR count). The Hall–Kier alpha value is -1.85. The summed E-state index contributed by atoms with van der Waals surface area (Å²) in [4.78, 5) is 11.4. The molecule has 0 spiro atoms. The first-order valence-electron chi connectivity index (χ1n) is 7.84. The highest BCUT2D eigenvalue weighted by Crippen LogP contribution is 2.32. The van der Waals surface area contributed by atoms with Crippen molar-refractivity contribution in [2.24, 2.45) is 5.92 Å². The fourth-order valence-electron chi connectivity index (χ4n) is 3.31. The van der Waals surface area contributed by atoms with Crippen molar-refractivity contribution in [2.75, 3.05) is 24.3 Å². The fraction of sp³-hybridized carbons (Fsp3) is 0.667. The third kappa shape index (κ3) is 2.66. The number of anilines is 2. The Morgan fingerprint density at radius 2 is 2.05 bits per heavy atom. The summed E-state index contributed by atoms with van der Waals surface area (Å²) in [6.45, 7) is 2.30. The van der Waals surface area contributed by atoms with E-state index in [1.165, 1.54) is 32.1 Å². The highest BCUT2D eigenvalue weighted by Gasteiger charge is 2.25. The van der Waals surface area contributed by atoms with E-state index in [9.17, 15) is 0 Å². The minimum Gasteiger partial charge on any atom is -0.357 e. The standard InChI is InChI=1S/C15H24N6/c1-4-10-5-7-11(8-6-10)21(3)14-12-9-17-20-13(12)18-15(16-2)19-14/h9-11H,4-8H2,1-3H3,(H2,16,17,18,19,20). The molecule has 6 nitrogen and oxygen atoms in total. The predicted molar refractivity (Wildman–Crippen MR) is 85.7 cm³/mol. The first kappa shape index (κ1) is 14.1. The maximum atomic E-state index is 4.65. The molecule has 0 saturated heterocycles. The van der Waals surface area contributed by atoms with Crippen LogP contribution in [0.2, 0.25) is 0 Å². The number of nitrogens with one attached hydrogen (secondary N) is 2. The summed E-state index contributed by atoms with van der Waals surface area (Å²) in [5.41, 5.74) is 0.790. The first-order valence-corrected chi connectivity index (χ1v) is 7.84. The zero-order chi connectivity index (χ0) is 14.8. The molecule has 0 radical (unpaired) electrons. The zero-order valence-corrected chi connectivity index (χ0v) is 13.1. The number of fused-ring (bicyclic) bond motifs is 1. The molecule has 0 bridgehead atoms. The van der Waals surface area contributed by atoms with Crippen molar-refractivity contribution in [1.82, 2.24) is 20.2 Å². The minimum absolute atomic E-state index is 0.561. The Morgan fingerprint density at radius 3 is 2.71 bits per heavy atom. The number of aromatic amines is 1. The lowest BCUT2D eigenvalue weighted by Gasteiger charge is -2.35. The number of aromatic nitrogens is 4. The van der Waals surface area contributed by atoms with Gasteiger partial charge in [0.25, 0.3) is 0 Å². The molecule has 1 fully saturated rings. The van der Waals surface area contributed by atoms with E-state index in [-0.39, 0.29) is 0 Å². The summed E-state index contributed by atoms with van der Waals surface area (Å²) >= 11 is 0. The van der Waals surface area contributed by atoms with Gasteiger partial charge in [-0.15, -0.1) is 0 Å². The average Bonchev–Trinajstić information content (AvgIpc) is 3.01. The Kier molecular flexibility index (Phi) is 3.94. The summed E-state index contributed by atoms with van der Waals surface area (Å²) < 4.78 is 0. The van der Waals surface area contributed by atoms with Crippen LogP contribution in [-0.2, 0) is 0 Å². The van der Waals surface area contributed by atoms with Gasteiger partial charge in [-0.1, -0.05) is 13.3 Å². The van der Waals surface area contributed by atoms with Crippen molar-refractivity contribution < 1.29 is 0 Å². The van der Waals surface area contributed by atoms with Gasteiger partial charge in [-0.05, 0) is 31.6 Å². The summed E-state index contributed by atoms with van der Waals surface area (Å²) in [5.74, 6) is 2.51. The van der Waals surface area contributed by atoms with Gasteiger partial charge in [0.15, 0.2) is 5.65 Å². The van der Waals surface area contributed by atoms with Gasteiger partial charge < -0.3 is 10.2 Å². The minimum atomic E-state index is 0.561. The average molecular weight is 288 g/mol. The van der Waals surface area contributed by atoms with Crippen molar-refractivity contribution >= 4 is 22.8 Å². The molecule has 0 atom stereocenters. The smallest absolute Gasteiger partial charge is 0.226 e. The van der Waals surface area contributed by atoms with E-state index in [1.54, 1.807) is 0 Å². The predicted octanol–water partition coefficient (Wildman–Crippen LogP) is 2.80. The number of rotatable bonds is 4. The van der Waals surface area contributed by atoms with Crippen LogP contribution in [0.1, 0.15) is 39.0 Å². The molecule has 21 heavy (non-hydrogen) atoms. The summed E-state index contributed by atoms with van der Waals surface area (Å²) in [6.07, 6.45) is 8.26. The van der Waals surface area contributed by atoms with Crippen LogP contribution in [0.25, 0.3) is 11.0 Å². The Balaban J connectivity index is 1.87. The van der Waals surface area contributed by atoms with Gasteiger partial charge in [-0.2, -0.15) is 15.1 Å². The molecule has 0 amide bonds. The van der Waals surface area contributed by atoms with Gasteiger partial charge >= 0.3 is 0 Å². The molecule has 1 aliphatic carbocycles. The topological polar surface area (TPSA) is 69.7 Å². The van der Waals surface area contributed by atoms with Crippen LogP contribution in [0, 0.1) is 5.92 Å². The molecule has 1 saturated carbocycles. The second-order valence-electron chi connectivity index (χ2n) is 5.95. The van der Waals surface area contributed by atoms with E-state index in [0.717, 1.165) is 22.8 Å². The SMILES string of the molecule is CCC1CCC(N(C)c2nc(NC)nc3[nH]ncc23)CC1. The van der Waals surface area contributed by atoms with E-state index in [1.807, 2.05) is 13.2 Å². The molecule has 0 aromatic carbocycles. The molecule has 6 heteroatoms. The monoisotopic (exact) mass is 288 g/mol. The van der Waals surface area contributed by atoms with E-state index in [4.69, 9.17) is 0 Å². The zero-order valence-electron chi connectivity index (χ0n) is 13.1. The van der Waals surface area contributed by atoms with Gasteiger partial charge in [0.1, 0.15) is 5.82 Å². The lowest BCUT2D eigenvalue weighted by molar-refractivity contribution is 0.313. The van der Waals surface area contributed by atoms with Crippen molar-refractivity contribution in [1.29, 1.82) is 0 Å². The third-order valence-corrected chi connectivity index (χ3v) is 4.79. The van der Waals surface area contributed by atoms with Crippen LogP contribution in [0.15, 0.2) is 6.20 Å². The molecular formula is C15H24N6. The van der Waals surface area contributed by atoms with Crippen LogP contribution in [-0.4, -0.2) is 40.3 Å². The largest absolute Gasteiger partial charge is 0.357 e. The molecule has 2 N–H and O–H groups in total. The van der Waals surface area contributed by atoms with Crippen molar-refractivity contribution in [3.63, 3.8) is 0 Å². The highest BCUT2D eigenvalue weighted by molar-refractivity contribution is 5.87. The summed E-state index contributed by atoms with van der Waals surface area (Å²) in [7, 11) is 3.99. The van der Waals surface area contributed by atoms with E-state index >= 15 is 0 Å². The molecule has 2 aromatic heterocycles. The summed E-state index contributed by atoms with van der Waals surface area (Å²) in [6, 6.07) is 0.561. The molecule has 0 aliphatic heterocycles. The molecular weight excluding hydrogens is 264 g/mol. The summed E-state index contributed by atoms with van der Waals surface area (Å²) in [5, 5.41) is 11.1. The maximum Gasteiger partial charge on any atom is 0.226 e. The second-order valence-corrected chi connectivity index (χ2v) is 5.95. The molecule has 114 valence electrons. The van der Waals surface area contributed by atoms with E-state index < -0.39 is 0 Å². The van der Waals surface area contributed by atoms with Gasteiger partial charge in [0.2, 0.25) is 5.95 Å². The van der Waals surface area contributed by atoms with Crippen LogP contribution < -0.4 is 10.2 Å². The number of hydrogen-bond donors (Lipinski definition) is 2. The van der Waals surface area contributed by atoms with Crippen LogP contribution in [0.5, 0.6) is 0 Å². The normalized spacial score (nSPS) is 22.4. The van der Waals surface area contributed by atoms with Gasteiger partial charge in [-0.25, -0.2) is 0 Å². The molecule has 2 heterocycles. The van der Waals surface area contributed by atoms with Crippen molar-refractivity contribution in [3.8, 4) is 0 Å². The number of hydrogen-bond acceptors (Lipinski definition) is 5. The third-order valence-electron chi connectivity index (χ3n) is 4.79. The maximum absolute atomic E-state index is 4.65. The van der Waals surface area contributed by atoms with Crippen LogP contribution >= 0.6 is 0 Å². The highest BCUT2D eigenvalue weighted by atomic mass is 15.3. The van der Waals surface area contributed by atoms with Crippen LogP contribution in [0.4, 0.5) is 11.8 Å². The Morgan fingerprint density at radius 1 is 1.29 bits per heavy atom. The lowest BCUT2D eigenvalue weighted by Crippen LogP contribution is -2.35. The quantitative estimate of drug-likeness (QED) is 0.905. The second kappa shape index (κ2) is 5.87. The lowest BCUT2D eigenvalue weighted by atomic mass is 9.84. The van der Waals surface area contributed by atoms with Gasteiger partial charge in [0.05, 0.1) is 11.6 Å².